The van der Waals surface area contributed by atoms with E-state index in [1.165, 1.54) is 0 Å². The van der Waals surface area contributed by atoms with Crippen LogP contribution in [0, 0.1) is 11.8 Å². The standard InChI is InChI=1S/C11H19NO4S/c13-5-2-9-1-4-12(7-9)11(14)10-3-6-17(15,16)8-10/h9-10,13H,1-8H2. The summed E-state index contributed by atoms with van der Waals surface area (Å²) in [6.07, 6.45) is 2.13. The van der Waals surface area contributed by atoms with Crippen LogP contribution < -0.4 is 0 Å². The van der Waals surface area contributed by atoms with E-state index in [-0.39, 0.29) is 29.9 Å². The number of sulfone groups is 1. The second-order valence-electron chi connectivity index (χ2n) is 5.05. The van der Waals surface area contributed by atoms with Crippen LogP contribution in [0.5, 0.6) is 0 Å². The van der Waals surface area contributed by atoms with Gasteiger partial charge in [0, 0.05) is 19.7 Å². The molecule has 2 atom stereocenters. The molecule has 0 aromatic carbocycles. The van der Waals surface area contributed by atoms with Gasteiger partial charge in [-0.15, -0.1) is 0 Å². The van der Waals surface area contributed by atoms with E-state index >= 15 is 0 Å². The van der Waals surface area contributed by atoms with Crippen molar-refractivity contribution in [2.45, 2.75) is 19.3 Å². The molecule has 6 heteroatoms. The van der Waals surface area contributed by atoms with Crippen molar-refractivity contribution < 1.29 is 18.3 Å². The fraction of sp³-hybridized carbons (Fsp3) is 0.909. The molecule has 98 valence electrons. The maximum Gasteiger partial charge on any atom is 0.226 e. The van der Waals surface area contributed by atoms with Gasteiger partial charge in [0.1, 0.15) is 0 Å². The Hall–Kier alpha value is -0.620. The summed E-state index contributed by atoms with van der Waals surface area (Å²) in [5, 5.41) is 8.85. The molecular weight excluding hydrogens is 242 g/mol. The maximum atomic E-state index is 12.1. The fourth-order valence-corrected chi connectivity index (χ4v) is 4.43. The number of nitrogens with zero attached hydrogens (tertiary/aromatic N) is 1. The summed E-state index contributed by atoms with van der Waals surface area (Å²) < 4.78 is 22.6. The second-order valence-corrected chi connectivity index (χ2v) is 7.28. The van der Waals surface area contributed by atoms with Crippen molar-refractivity contribution in [2.24, 2.45) is 11.8 Å². The summed E-state index contributed by atoms with van der Waals surface area (Å²) in [5.74, 6) is 0.214. The summed E-state index contributed by atoms with van der Waals surface area (Å²) in [6.45, 7) is 1.54. The number of hydrogen-bond donors (Lipinski definition) is 1. The van der Waals surface area contributed by atoms with Crippen LogP contribution in [0.3, 0.4) is 0 Å². The van der Waals surface area contributed by atoms with Gasteiger partial charge in [0.2, 0.25) is 5.91 Å². The molecule has 1 amide bonds. The molecule has 17 heavy (non-hydrogen) atoms. The first-order chi connectivity index (χ1) is 8.02. The van der Waals surface area contributed by atoms with Gasteiger partial charge in [-0.1, -0.05) is 0 Å². The Kier molecular flexibility index (Phi) is 3.73. The Morgan fingerprint density at radius 1 is 1.35 bits per heavy atom. The normalized spacial score (nSPS) is 31.9. The van der Waals surface area contributed by atoms with Gasteiger partial charge in [-0.05, 0) is 25.2 Å². The average molecular weight is 261 g/mol. The van der Waals surface area contributed by atoms with E-state index in [2.05, 4.69) is 0 Å². The van der Waals surface area contributed by atoms with Crippen molar-refractivity contribution in [3.63, 3.8) is 0 Å². The number of carbonyl (C=O) groups excluding carboxylic acids is 1. The van der Waals surface area contributed by atoms with Crippen LogP contribution in [-0.2, 0) is 14.6 Å². The SMILES string of the molecule is O=C(C1CCS(=O)(=O)C1)N1CCC(CCO)C1. The Morgan fingerprint density at radius 3 is 2.71 bits per heavy atom. The van der Waals surface area contributed by atoms with Crippen molar-refractivity contribution in [1.29, 1.82) is 0 Å². The van der Waals surface area contributed by atoms with Gasteiger partial charge < -0.3 is 10.0 Å². The monoisotopic (exact) mass is 261 g/mol. The molecule has 2 aliphatic heterocycles. The molecule has 2 saturated heterocycles. The third-order valence-electron chi connectivity index (χ3n) is 3.72. The quantitative estimate of drug-likeness (QED) is 0.753. The zero-order chi connectivity index (χ0) is 12.5. The van der Waals surface area contributed by atoms with Crippen LogP contribution in [0.2, 0.25) is 0 Å². The van der Waals surface area contributed by atoms with Crippen LogP contribution in [0.1, 0.15) is 19.3 Å². The van der Waals surface area contributed by atoms with Crippen molar-refractivity contribution in [2.75, 3.05) is 31.2 Å². The van der Waals surface area contributed by atoms with E-state index in [0.717, 1.165) is 12.8 Å². The highest BCUT2D eigenvalue weighted by atomic mass is 32.2. The van der Waals surface area contributed by atoms with Gasteiger partial charge in [0.05, 0.1) is 17.4 Å². The minimum absolute atomic E-state index is 0.00786. The summed E-state index contributed by atoms with van der Waals surface area (Å²) >= 11 is 0. The first-order valence-electron chi connectivity index (χ1n) is 6.12. The Morgan fingerprint density at radius 2 is 2.12 bits per heavy atom. The van der Waals surface area contributed by atoms with Crippen LogP contribution in [0.4, 0.5) is 0 Å². The lowest BCUT2D eigenvalue weighted by atomic mass is 10.1. The van der Waals surface area contributed by atoms with E-state index < -0.39 is 9.84 Å². The first-order valence-corrected chi connectivity index (χ1v) is 7.94. The molecule has 0 aliphatic carbocycles. The Labute approximate surface area is 102 Å². The van der Waals surface area contributed by atoms with Gasteiger partial charge >= 0.3 is 0 Å². The number of aliphatic hydroxyl groups is 1. The first kappa shape index (κ1) is 12.8. The molecule has 2 fully saturated rings. The maximum absolute atomic E-state index is 12.1. The number of aliphatic hydroxyl groups excluding tert-OH is 1. The third kappa shape index (κ3) is 2.98. The molecular formula is C11H19NO4S. The van der Waals surface area contributed by atoms with E-state index in [0.29, 0.717) is 25.4 Å². The number of rotatable bonds is 3. The number of hydrogen-bond acceptors (Lipinski definition) is 4. The van der Waals surface area contributed by atoms with Crippen molar-refractivity contribution >= 4 is 15.7 Å². The molecule has 0 aromatic heterocycles. The summed E-state index contributed by atoms with van der Waals surface area (Å²) in [4.78, 5) is 13.9. The molecule has 0 bridgehead atoms. The fourth-order valence-electron chi connectivity index (χ4n) is 2.70. The van der Waals surface area contributed by atoms with Crippen LogP contribution in [0.25, 0.3) is 0 Å². The lowest BCUT2D eigenvalue weighted by Crippen LogP contribution is -2.35. The molecule has 0 aromatic rings. The van der Waals surface area contributed by atoms with E-state index in [9.17, 15) is 13.2 Å². The summed E-state index contributed by atoms with van der Waals surface area (Å²) in [6, 6.07) is 0. The highest BCUT2D eigenvalue weighted by Crippen LogP contribution is 2.25. The largest absolute Gasteiger partial charge is 0.396 e. The van der Waals surface area contributed by atoms with Crippen LogP contribution in [0.15, 0.2) is 0 Å². The molecule has 0 radical (unpaired) electrons. The lowest BCUT2D eigenvalue weighted by Gasteiger charge is -2.19. The molecule has 2 heterocycles. The molecule has 2 unspecified atom stereocenters. The van der Waals surface area contributed by atoms with Crippen molar-refractivity contribution in [1.82, 2.24) is 4.90 Å². The zero-order valence-corrected chi connectivity index (χ0v) is 10.7. The second kappa shape index (κ2) is 4.94. The smallest absolute Gasteiger partial charge is 0.226 e. The highest BCUT2D eigenvalue weighted by Gasteiger charge is 2.37. The topological polar surface area (TPSA) is 74.7 Å². The molecule has 2 aliphatic rings. The Bertz CT molecular complexity index is 392. The van der Waals surface area contributed by atoms with Gasteiger partial charge in [-0.2, -0.15) is 0 Å². The van der Waals surface area contributed by atoms with Crippen molar-refractivity contribution in [3.8, 4) is 0 Å². The molecule has 1 N–H and O–H groups in total. The van der Waals surface area contributed by atoms with Gasteiger partial charge in [-0.3, -0.25) is 4.79 Å². The Balaban J connectivity index is 1.90. The molecule has 0 spiro atoms. The van der Waals surface area contributed by atoms with Gasteiger partial charge in [-0.25, -0.2) is 8.42 Å². The third-order valence-corrected chi connectivity index (χ3v) is 5.48. The van der Waals surface area contributed by atoms with E-state index in [4.69, 9.17) is 5.11 Å². The van der Waals surface area contributed by atoms with Crippen molar-refractivity contribution in [3.05, 3.63) is 0 Å². The number of carbonyl (C=O) groups is 1. The van der Waals surface area contributed by atoms with Gasteiger partial charge in [0.25, 0.3) is 0 Å². The predicted molar refractivity (Wildman–Crippen MR) is 63.2 cm³/mol. The van der Waals surface area contributed by atoms with Crippen LogP contribution in [-0.4, -0.2) is 55.5 Å². The minimum atomic E-state index is -2.98. The summed E-state index contributed by atoms with van der Waals surface area (Å²) in [7, 11) is -2.98. The highest BCUT2D eigenvalue weighted by molar-refractivity contribution is 7.91. The van der Waals surface area contributed by atoms with E-state index in [1.807, 2.05) is 0 Å². The molecule has 0 saturated carbocycles. The lowest BCUT2D eigenvalue weighted by molar-refractivity contribution is -0.133. The molecule has 2 rings (SSSR count). The zero-order valence-electron chi connectivity index (χ0n) is 9.84. The number of likely N-dealkylation sites (tertiary alicyclic amines) is 1. The summed E-state index contributed by atoms with van der Waals surface area (Å²) in [5.41, 5.74) is 0. The van der Waals surface area contributed by atoms with Crippen LogP contribution >= 0.6 is 0 Å². The van der Waals surface area contributed by atoms with Gasteiger partial charge in [0.15, 0.2) is 9.84 Å². The minimum Gasteiger partial charge on any atom is -0.396 e. The molecule has 5 nitrogen and oxygen atoms in total. The average Bonchev–Trinajstić information content (AvgIpc) is 2.85. The predicted octanol–water partition coefficient (Wildman–Crippen LogP) is -0.348. The van der Waals surface area contributed by atoms with E-state index in [1.54, 1.807) is 4.90 Å². The number of amides is 1.